The molecule has 1 aliphatic carbocycles. The van der Waals surface area contributed by atoms with Crippen molar-refractivity contribution in [3.05, 3.63) is 58.9 Å². The van der Waals surface area contributed by atoms with Gasteiger partial charge >= 0.3 is 0 Å². The van der Waals surface area contributed by atoms with Crippen LogP contribution in [0.5, 0.6) is 0 Å². The van der Waals surface area contributed by atoms with Gasteiger partial charge in [0.05, 0.1) is 16.7 Å². The highest BCUT2D eigenvalue weighted by Crippen LogP contribution is 2.31. The molecule has 2 aromatic rings. The molecule has 0 saturated heterocycles. The number of hydrogen-bond acceptors (Lipinski definition) is 3. The van der Waals surface area contributed by atoms with E-state index >= 15 is 0 Å². The molecule has 0 atom stereocenters. The van der Waals surface area contributed by atoms with Gasteiger partial charge in [-0.25, -0.2) is 4.39 Å². The van der Waals surface area contributed by atoms with Gasteiger partial charge in [0.25, 0.3) is 0 Å². The monoisotopic (exact) mass is 399 g/mol. The van der Waals surface area contributed by atoms with E-state index in [1.54, 1.807) is 24.3 Å². The molecule has 28 heavy (non-hydrogen) atoms. The maximum Gasteiger partial charge on any atom is 0.227 e. The number of amides is 2. The summed E-state index contributed by atoms with van der Waals surface area (Å²) in [6.45, 7) is 0. The van der Waals surface area contributed by atoms with Gasteiger partial charge in [-0.05, 0) is 62.1 Å². The summed E-state index contributed by atoms with van der Waals surface area (Å²) in [5, 5.41) is 14.5. The molecule has 0 aromatic heterocycles. The highest BCUT2D eigenvalue weighted by molar-refractivity contribution is 6.31. The molecule has 0 heterocycles. The van der Waals surface area contributed by atoms with Crippen molar-refractivity contribution in [3.8, 4) is 6.07 Å². The predicted octanol–water partition coefficient (Wildman–Crippen LogP) is 4.73. The van der Waals surface area contributed by atoms with Gasteiger partial charge in [0, 0.05) is 23.2 Å². The Morgan fingerprint density at radius 1 is 0.964 bits per heavy atom. The number of nitriles is 1. The fourth-order valence-corrected chi connectivity index (χ4v) is 3.53. The number of anilines is 2. The summed E-state index contributed by atoms with van der Waals surface area (Å²) in [4.78, 5) is 24.9. The van der Waals surface area contributed by atoms with Gasteiger partial charge in [-0.15, -0.1) is 0 Å². The van der Waals surface area contributed by atoms with Gasteiger partial charge in [-0.1, -0.05) is 17.7 Å². The summed E-state index contributed by atoms with van der Waals surface area (Å²) in [5.74, 6) is -1.15. The number of nitrogens with zero attached hydrogens (tertiary/aromatic N) is 1. The number of nitrogens with one attached hydrogen (secondary N) is 2. The van der Waals surface area contributed by atoms with Gasteiger partial charge in [-0.3, -0.25) is 9.59 Å². The fraction of sp³-hybridized carbons (Fsp3) is 0.286. The maximum absolute atomic E-state index is 13.2. The Bertz CT molecular complexity index is 933. The van der Waals surface area contributed by atoms with E-state index in [1.165, 1.54) is 18.2 Å². The van der Waals surface area contributed by atoms with Gasteiger partial charge in [0.2, 0.25) is 11.8 Å². The third-order valence-electron chi connectivity index (χ3n) is 4.92. The Hall–Kier alpha value is -2.91. The van der Waals surface area contributed by atoms with E-state index in [9.17, 15) is 14.0 Å². The zero-order chi connectivity index (χ0) is 20.1. The third-order valence-corrected chi connectivity index (χ3v) is 5.20. The second-order valence-corrected chi connectivity index (χ2v) is 7.26. The highest BCUT2D eigenvalue weighted by atomic mass is 35.5. The SMILES string of the molecule is N#Cc1cccc(NC(=O)C2CCC(C(=O)Nc3ccc(F)c(Cl)c3)CC2)c1. The molecule has 0 radical (unpaired) electrons. The first-order chi connectivity index (χ1) is 13.5. The lowest BCUT2D eigenvalue weighted by Gasteiger charge is -2.27. The molecule has 5 nitrogen and oxygen atoms in total. The molecule has 0 spiro atoms. The molecular formula is C21H19ClFN3O2. The minimum absolute atomic E-state index is 0.0429. The third kappa shape index (κ3) is 4.87. The molecule has 0 aliphatic heterocycles. The van der Waals surface area contributed by atoms with Crippen LogP contribution in [-0.4, -0.2) is 11.8 Å². The molecule has 1 fully saturated rings. The van der Waals surface area contributed by atoms with Crippen LogP contribution in [0.15, 0.2) is 42.5 Å². The number of benzene rings is 2. The Morgan fingerprint density at radius 2 is 1.54 bits per heavy atom. The highest BCUT2D eigenvalue weighted by Gasteiger charge is 2.30. The Balaban J connectivity index is 1.51. The number of carbonyl (C=O) groups excluding carboxylic acids is 2. The lowest BCUT2D eigenvalue weighted by atomic mass is 9.81. The minimum Gasteiger partial charge on any atom is -0.326 e. The van der Waals surface area contributed by atoms with Crippen molar-refractivity contribution in [2.45, 2.75) is 25.7 Å². The van der Waals surface area contributed by atoms with Crippen LogP contribution in [0.3, 0.4) is 0 Å². The quantitative estimate of drug-likeness (QED) is 0.779. The van der Waals surface area contributed by atoms with Crippen molar-refractivity contribution < 1.29 is 14.0 Å². The summed E-state index contributed by atoms with van der Waals surface area (Å²) >= 11 is 5.73. The van der Waals surface area contributed by atoms with E-state index in [4.69, 9.17) is 16.9 Å². The maximum atomic E-state index is 13.2. The van der Waals surface area contributed by atoms with Crippen LogP contribution in [0.25, 0.3) is 0 Å². The first-order valence-corrected chi connectivity index (χ1v) is 9.41. The average Bonchev–Trinajstić information content (AvgIpc) is 2.71. The molecule has 7 heteroatoms. The van der Waals surface area contributed by atoms with Crippen molar-refractivity contribution in [2.24, 2.45) is 11.8 Å². The summed E-state index contributed by atoms with van der Waals surface area (Å²) in [5.41, 5.74) is 1.53. The molecule has 1 aliphatic rings. The van der Waals surface area contributed by atoms with Gasteiger partial charge in [-0.2, -0.15) is 5.26 Å². The number of carbonyl (C=O) groups is 2. The fourth-order valence-electron chi connectivity index (χ4n) is 3.35. The largest absolute Gasteiger partial charge is 0.326 e. The van der Waals surface area contributed by atoms with Crippen LogP contribution in [0.4, 0.5) is 15.8 Å². The van der Waals surface area contributed by atoms with Crippen LogP contribution in [-0.2, 0) is 9.59 Å². The van der Waals surface area contributed by atoms with Crippen LogP contribution in [0.1, 0.15) is 31.2 Å². The number of rotatable bonds is 4. The van der Waals surface area contributed by atoms with Crippen LogP contribution < -0.4 is 10.6 Å². The molecule has 144 valence electrons. The molecule has 1 saturated carbocycles. The molecule has 2 amide bonds. The standard InChI is InChI=1S/C21H19ClFN3O2/c22-18-11-17(8-9-19(18)23)26-21(28)15-6-4-14(5-7-15)20(27)25-16-3-1-2-13(10-16)12-24/h1-3,8-11,14-15H,4-7H2,(H,25,27)(H,26,28). The topological polar surface area (TPSA) is 82.0 Å². The Labute approximate surface area is 167 Å². The number of hydrogen-bond donors (Lipinski definition) is 2. The van der Waals surface area contributed by atoms with Crippen molar-refractivity contribution in [1.82, 2.24) is 0 Å². The summed E-state index contributed by atoms with van der Waals surface area (Å²) in [7, 11) is 0. The average molecular weight is 400 g/mol. The zero-order valence-electron chi connectivity index (χ0n) is 15.0. The smallest absolute Gasteiger partial charge is 0.227 e. The van der Waals surface area contributed by atoms with Crippen molar-refractivity contribution in [2.75, 3.05) is 10.6 Å². The first kappa shape index (κ1) is 19.8. The molecular weight excluding hydrogens is 381 g/mol. The lowest BCUT2D eigenvalue weighted by Crippen LogP contribution is -2.32. The van der Waals surface area contributed by atoms with E-state index < -0.39 is 5.82 Å². The molecule has 0 bridgehead atoms. The Kier molecular flexibility index (Phi) is 6.27. The van der Waals surface area contributed by atoms with Crippen LogP contribution in [0.2, 0.25) is 5.02 Å². The van der Waals surface area contributed by atoms with Crippen molar-refractivity contribution in [1.29, 1.82) is 5.26 Å². The summed E-state index contributed by atoms with van der Waals surface area (Å²) in [6, 6.07) is 12.9. The van der Waals surface area contributed by atoms with Crippen molar-refractivity contribution >= 4 is 34.8 Å². The second kappa shape index (κ2) is 8.85. The molecule has 2 N–H and O–H groups in total. The summed E-state index contributed by atoms with van der Waals surface area (Å²) in [6.07, 6.45) is 2.40. The van der Waals surface area contributed by atoms with E-state index in [2.05, 4.69) is 10.6 Å². The van der Waals surface area contributed by atoms with Gasteiger partial charge in [0.15, 0.2) is 0 Å². The van der Waals surface area contributed by atoms with Crippen molar-refractivity contribution in [3.63, 3.8) is 0 Å². The second-order valence-electron chi connectivity index (χ2n) is 6.85. The minimum atomic E-state index is -0.536. The van der Waals surface area contributed by atoms with E-state index in [0.717, 1.165) is 0 Å². The molecule has 2 aromatic carbocycles. The zero-order valence-corrected chi connectivity index (χ0v) is 15.8. The summed E-state index contributed by atoms with van der Waals surface area (Å²) < 4.78 is 13.2. The lowest BCUT2D eigenvalue weighted by molar-refractivity contribution is -0.125. The first-order valence-electron chi connectivity index (χ1n) is 9.03. The van der Waals surface area contributed by atoms with E-state index in [-0.39, 0.29) is 28.7 Å². The normalized spacial score (nSPS) is 18.8. The number of halogens is 2. The van der Waals surface area contributed by atoms with Crippen LogP contribution >= 0.6 is 11.6 Å². The van der Waals surface area contributed by atoms with Gasteiger partial charge < -0.3 is 10.6 Å². The molecule has 0 unspecified atom stereocenters. The van der Waals surface area contributed by atoms with E-state index in [0.29, 0.717) is 42.6 Å². The molecule has 3 rings (SSSR count). The van der Waals surface area contributed by atoms with Crippen LogP contribution in [0, 0.1) is 29.0 Å². The predicted molar refractivity (Wildman–Crippen MR) is 105 cm³/mol. The van der Waals surface area contributed by atoms with E-state index in [1.807, 2.05) is 6.07 Å². The van der Waals surface area contributed by atoms with Gasteiger partial charge in [0.1, 0.15) is 5.82 Å². The Morgan fingerprint density at radius 3 is 2.07 bits per heavy atom.